The van der Waals surface area contributed by atoms with E-state index in [1.165, 1.54) is 11.8 Å². The van der Waals surface area contributed by atoms with Crippen molar-refractivity contribution in [2.45, 2.75) is 11.8 Å². The third kappa shape index (κ3) is 4.61. The van der Waals surface area contributed by atoms with Crippen LogP contribution < -0.4 is 14.9 Å². The lowest BCUT2D eigenvalue weighted by atomic mass is 10.1. The van der Waals surface area contributed by atoms with Gasteiger partial charge in [0.05, 0.1) is 31.2 Å². The average Bonchev–Trinajstić information content (AvgIpc) is 2.75. The Morgan fingerprint density at radius 1 is 1.14 bits per heavy atom. The highest BCUT2D eigenvalue weighted by Crippen LogP contribution is 2.26. The minimum Gasteiger partial charge on any atom is -0.497 e. The molecule has 1 heterocycles. The summed E-state index contributed by atoms with van der Waals surface area (Å²) >= 11 is 1.43. The molecule has 0 spiro atoms. The number of aromatic nitrogens is 1. The molecule has 0 aliphatic heterocycles. The van der Waals surface area contributed by atoms with Gasteiger partial charge in [0, 0.05) is 22.0 Å². The number of nitrogens with one attached hydrogen (secondary N) is 1. The molecule has 1 N–H and O–H groups in total. The van der Waals surface area contributed by atoms with Crippen molar-refractivity contribution in [2.75, 3.05) is 20.0 Å². The molecular weight excluding hydrogens is 374 g/mol. The van der Waals surface area contributed by atoms with Gasteiger partial charge >= 0.3 is 0 Å². The molecule has 3 rings (SSSR count). The van der Waals surface area contributed by atoms with Crippen molar-refractivity contribution in [1.82, 2.24) is 10.4 Å². The van der Waals surface area contributed by atoms with Gasteiger partial charge in [-0.2, -0.15) is 5.10 Å². The van der Waals surface area contributed by atoms with E-state index < -0.39 is 0 Å². The number of hydrogen-bond acceptors (Lipinski definition) is 6. The van der Waals surface area contributed by atoms with Gasteiger partial charge in [-0.25, -0.2) is 5.43 Å². The van der Waals surface area contributed by atoms with E-state index >= 15 is 0 Å². The summed E-state index contributed by atoms with van der Waals surface area (Å²) < 4.78 is 10.6. The standard InChI is InChI=1S/C21H21N3O3S/c1-14(17-12-16(26-2)9-10-18(17)27-3)23-24-20(25)13-28-19-8-4-6-15-7-5-11-22-21(15)19/h4-12H,13H2,1-3H3,(H,24,25)/b23-14-. The van der Waals surface area contributed by atoms with Crippen LogP contribution in [0.3, 0.4) is 0 Å². The molecule has 1 amide bonds. The highest BCUT2D eigenvalue weighted by Gasteiger charge is 2.10. The van der Waals surface area contributed by atoms with Crippen molar-refractivity contribution in [3.63, 3.8) is 0 Å². The minimum atomic E-state index is -0.195. The molecule has 0 aliphatic rings. The third-order valence-corrected chi connectivity index (χ3v) is 5.15. The molecule has 0 saturated heterocycles. The van der Waals surface area contributed by atoms with Crippen LogP contribution in [0.2, 0.25) is 0 Å². The van der Waals surface area contributed by atoms with Crippen molar-refractivity contribution < 1.29 is 14.3 Å². The SMILES string of the molecule is COc1ccc(OC)c(/C(C)=N\NC(=O)CSc2cccc3cccnc23)c1. The van der Waals surface area contributed by atoms with Crippen LogP contribution in [0.15, 0.2) is 64.7 Å². The summed E-state index contributed by atoms with van der Waals surface area (Å²) in [6.07, 6.45) is 1.75. The van der Waals surface area contributed by atoms with Gasteiger partial charge < -0.3 is 9.47 Å². The summed E-state index contributed by atoms with van der Waals surface area (Å²) in [5.41, 5.74) is 4.87. The van der Waals surface area contributed by atoms with Crippen LogP contribution in [0.25, 0.3) is 10.9 Å². The number of ether oxygens (including phenoxy) is 2. The van der Waals surface area contributed by atoms with E-state index in [1.807, 2.05) is 42.5 Å². The maximum Gasteiger partial charge on any atom is 0.250 e. The predicted molar refractivity (Wildman–Crippen MR) is 112 cm³/mol. The normalized spacial score (nSPS) is 11.3. The lowest BCUT2D eigenvalue weighted by molar-refractivity contribution is -0.118. The fourth-order valence-electron chi connectivity index (χ4n) is 2.67. The average molecular weight is 395 g/mol. The first-order valence-corrected chi connectivity index (χ1v) is 9.63. The van der Waals surface area contributed by atoms with Gasteiger partial charge in [0.15, 0.2) is 0 Å². The lowest BCUT2D eigenvalue weighted by Crippen LogP contribution is -2.21. The fourth-order valence-corrected chi connectivity index (χ4v) is 3.50. The number of para-hydroxylation sites is 1. The molecule has 7 heteroatoms. The molecule has 0 aliphatic carbocycles. The summed E-state index contributed by atoms with van der Waals surface area (Å²) in [7, 11) is 3.19. The number of hydrogen-bond donors (Lipinski definition) is 1. The smallest absolute Gasteiger partial charge is 0.250 e. The highest BCUT2D eigenvalue weighted by atomic mass is 32.2. The number of benzene rings is 2. The molecule has 3 aromatic rings. The number of rotatable bonds is 7. The molecule has 28 heavy (non-hydrogen) atoms. The van der Waals surface area contributed by atoms with E-state index in [0.717, 1.165) is 21.4 Å². The quantitative estimate of drug-likeness (QED) is 0.373. The topological polar surface area (TPSA) is 72.8 Å². The Hall–Kier alpha value is -3.06. The Bertz CT molecular complexity index is 1020. The zero-order chi connectivity index (χ0) is 19.9. The summed E-state index contributed by atoms with van der Waals surface area (Å²) in [6.45, 7) is 1.80. The molecular formula is C21H21N3O3S. The molecule has 0 atom stereocenters. The fraction of sp³-hybridized carbons (Fsp3) is 0.190. The molecule has 6 nitrogen and oxygen atoms in total. The largest absolute Gasteiger partial charge is 0.497 e. The van der Waals surface area contributed by atoms with E-state index in [-0.39, 0.29) is 11.7 Å². The van der Waals surface area contributed by atoms with Crippen LogP contribution >= 0.6 is 11.8 Å². The zero-order valence-electron chi connectivity index (χ0n) is 15.9. The van der Waals surface area contributed by atoms with Crippen molar-refractivity contribution in [1.29, 1.82) is 0 Å². The monoisotopic (exact) mass is 395 g/mol. The van der Waals surface area contributed by atoms with Crippen LogP contribution in [0.5, 0.6) is 11.5 Å². The number of pyridine rings is 1. The Morgan fingerprint density at radius 2 is 1.96 bits per heavy atom. The van der Waals surface area contributed by atoms with Gasteiger partial charge in [-0.1, -0.05) is 18.2 Å². The second-order valence-electron chi connectivity index (χ2n) is 5.92. The van der Waals surface area contributed by atoms with Gasteiger partial charge in [-0.3, -0.25) is 9.78 Å². The first-order valence-electron chi connectivity index (χ1n) is 8.64. The number of thioether (sulfide) groups is 1. The van der Waals surface area contributed by atoms with E-state index in [0.29, 0.717) is 17.2 Å². The predicted octanol–water partition coefficient (Wildman–Crippen LogP) is 3.88. The number of hydrazone groups is 1. The molecule has 0 bridgehead atoms. The summed E-state index contributed by atoms with van der Waals surface area (Å²) in [4.78, 5) is 17.6. The van der Waals surface area contributed by atoms with E-state index in [9.17, 15) is 4.79 Å². The maximum atomic E-state index is 12.3. The summed E-state index contributed by atoms with van der Waals surface area (Å²) in [5.74, 6) is 1.39. The van der Waals surface area contributed by atoms with Gasteiger partial charge in [-0.05, 0) is 37.3 Å². The molecule has 0 fully saturated rings. The van der Waals surface area contributed by atoms with Crippen molar-refractivity contribution in [3.05, 3.63) is 60.3 Å². The molecule has 0 radical (unpaired) electrons. The van der Waals surface area contributed by atoms with Crippen LogP contribution in [-0.4, -0.2) is 36.6 Å². The zero-order valence-corrected chi connectivity index (χ0v) is 16.7. The van der Waals surface area contributed by atoms with Crippen molar-refractivity contribution in [3.8, 4) is 11.5 Å². The number of nitrogens with zero attached hydrogens (tertiary/aromatic N) is 2. The van der Waals surface area contributed by atoms with Crippen LogP contribution in [0, 0.1) is 0 Å². The second kappa shape index (κ2) is 9.23. The van der Waals surface area contributed by atoms with Gasteiger partial charge in [0.25, 0.3) is 0 Å². The van der Waals surface area contributed by atoms with Crippen LogP contribution in [0.4, 0.5) is 0 Å². The Morgan fingerprint density at radius 3 is 2.75 bits per heavy atom. The third-order valence-electron chi connectivity index (χ3n) is 4.10. The van der Waals surface area contributed by atoms with Crippen molar-refractivity contribution in [2.24, 2.45) is 5.10 Å². The van der Waals surface area contributed by atoms with Gasteiger partial charge in [-0.15, -0.1) is 11.8 Å². The van der Waals surface area contributed by atoms with Crippen LogP contribution in [-0.2, 0) is 4.79 Å². The number of carbonyl (C=O) groups excluding carboxylic acids is 1. The molecule has 144 valence electrons. The summed E-state index contributed by atoms with van der Waals surface area (Å²) in [6, 6.07) is 15.3. The number of fused-ring (bicyclic) bond motifs is 1. The first kappa shape index (κ1) is 19.7. The number of amides is 1. The van der Waals surface area contributed by atoms with E-state index in [2.05, 4.69) is 15.5 Å². The molecule has 1 aromatic heterocycles. The lowest BCUT2D eigenvalue weighted by Gasteiger charge is -2.10. The number of methoxy groups -OCH3 is 2. The van der Waals surface area contributed by atoms with Crippen LogP contribution in [0.1, 0.15) is 12.5 Å². The van der Waals surface area contributed by atoms with Gasteiger partial charge in [0.1, 0.15) is 11.5 Å². The second-order valence-corrected chi connectivity index (χ2v) is 6.94. The van der Waals surface area contributed by atoms with E-state index in [4.69, 9.17) is 9.47 Å². The van der Waals surface area contributed by atoms with E-state index in [1.54, 1.807) is 33.4 Å². The molecule has 0 unspecified atom stereocenters. The minimum absolute atomic E-state index is 0.195. The first-order chi connectivity index (χ1) is 13.6. The van der Waals surface area contributed by atoms with Gasteiger partial charge in [0.2, 0.25) is 5.91 Å². The summed E-state index contributed by atoms with van der Waals surface area (Å²) in [5, 5.41) is 5.25. The Balaban J connectivity index is 1.66. The Kier molecular flexibility index (Phi) is 6.49. The molecule has 2 aromatic carbocycles. The number of carbonyl (C=O) groups is 1. The van der Waals surface area contributed by atoms with Crippen molar-refractivity contribution >= 4 is 34.3 Å². The highest BCUT2D eigenvalue weighted by molar-refractivity contribution is 8.00. The maximum absolute atomic E-state index is 12.3. The Labute approximate surface area is 168 Å². The molecule has 0 saturated carbocycles.